The fourth-order valence-electron chi connectivity index (χ4n) is 2.14. The fraction of sp³-hybridized carbons (Fsp3) is 0.154. The van der Waals surface area contributed by atoms with Crippen LogP contribution in [0.1, 0.15) is 11.8 Å². The average molecular weight is 292 g/mol. The molecule has 0 saturated heterocycles. The number of thiazole rings is 1. The number of carbonyl (C=O) groups is 1. The van der Waals surface area contributed by atoms with Gasteiger partial charge >= 0.3 is 4.87 Å². The number of aromatic nitrogens is 1. The third-order valence-electron chi connectivity index (χ3n) is 3.08. The van der Waals surface area contributed by atoms with E-state index in [1.54, 1.807) is 6.92 Å². The predicted molar refractivity (Wildman–Crippen MR) is 70.6 cm³/mol. The Labute approximate surface area is 116 Å². The summed E-state index contributed by atoms with van der Waals surface area (Å²) < 4.78 is 14.5. The molecule has 7 heteroatoms. The lowest BCUT2D eigenvalue weighted by molar-refractivity contribution is -0.112. The highest BCUT2D eigenvalue weighted by Crippen LogP contribution is 2.27. The first kappa shape index (κ1) is 12.7. The molecule has 2 aromatic rings. The molecule has 0 aliphatic carbocycles. The summed E-state index contributed by atoms with van der Waals surface area (Å²) in [6.45, 7) is 1.99. The van der Waals surface area contributed by atoms with Crippen LogP contribution in [0.3, 0.4) is 0 Å². The normalized spacial score (nSPS) is 13.5. The Morgan fingerprint density at radius 3 is 2.80 bits per heavy atom. The summed E-state index contributed by atoms with van der Waals surface area (Å²) in [4.78, 5) is 27.3. The van der Waals surface area contributed by atoms with Crippen LogP contribution < -0.4 is 15.4 Å². The SMILES string of the molecule is CCn1c(O)c(C2=c3cc(F)ccc3=NC2=O)sc1=O. The Morgan fingerprint density at radius 1 is 1.40 bits per heavy atom. The molecule has 1 aliphatic rings. The first-order chi connectivity index (χ1) is 9.52. The van der Waals surface area contributed by atoms with E-state index < -0.39 is 11.7 Å². The van der Waals surface area contributed by atoms with Gasteiger partial charge in [-0.2, -0.15) is 0 Å². The summed E-state index contributed by atoms with van der Waals surface area (Å²) in [5, 5.41) is 10.7. The molecule has 0 saturated carbocycles. The molecule has 3 rings (SSSR count). The van der Waals surface area contributed by atoms with Gasteiger partial charge in [0.2, 0.25) is 5.88 Å². The van der Waals surface area contributed by atoms with Gasteiger partial charge in [0.1, 0.15) is 10.7 Å². The number of rotatable bonds is 2. The van der Waals surface area contributed by atoms with Crippen molar-refractivity contribution in [2.24, 2.45) is 4.99 Å². The van der Waals surface area contributed by atoms with Crippen molar-refractivity contribution in [2.75, 3.05) is 0 Å². The molecule has 0 atom stereocenters. The summed E-state index contributed by atoms with van der Waals surface area (Å²) in [6, 6.07) is 3.78. The van der Waals surface area contributed by atoms with Crippen LogP contribution in [-0.2, 0) is 11.3 Å². The average Bonchev–Trinajstić information content (AvgIpc) is 2.85. The van der Waals surface area contributed by atoms with Crippen LogP contribution in [0, 0.1) is 5.82 Å². The summed E-state index contributed by atoms with van der Waals surface area (Å²) in [5.41, 5.74) is 0.0753. The van der Waals surface area contributed by atoms with Gasteiger partial charge in [-0.05, 0) is 25.1 Å². The highest BCUT2D eigenvalue weighted by atomic mass is 32.1. The van der Waals surface area contributed by atoms with Crippen LogP contribution >= 0.6 is 11.3 Å². The minimum Gasteiger partial charge on any atom is -0.493 e. The van der Waals surface area contributed by atoms with Crippen molar-refractivity contribution in [2.45, 2.75) is 13.5 Å². The summed E-state index contributed by atoms with van der Waals surface area (Å²) in [5.74, 6) is -1.36. The van der Waals surface area contributed by atoms with Crippen LogP contribution in [0.4, 0.5) is 4.39 Å². The van der Waals surface area contributed by atoms with E-state index in [0.717, 1.165) is 15.9 Å². The molecule has 1 aromatic carbocycles. The maximum atomic E-state index is 13.3. The van der Waals surface area contributed by atoms with Crippen molar-refractivity contribution in [3.8, 4) is 5.88 Å². The van der Waals surface area contributed by atoms with Crippen molar-refractivity contribution in [3.63, 3.8) is 0 Å². The van der Waals surface area contributed by atoms with Gasteiger partial charge in [0.25, 0.3) is 5.91 Å². The monoisotopic (exact) mass is 292 g/mol. The lowest BCUT2D eigenvalue weighted by Crippen LogP contribution is -2.23. The van der Waals surface area contributed by atoms with E-state index in [0.29, 0.717) is 10.6 Å². The predicted octanol–water partition coefficient (Wildman–Crippen LogP) is 0.133. The number of amides is 1. The van der Waals surface area contributed by atoms with E-state index in [1.807, 2.05) is 0 Å². The second-order valence-electron chi connectivity index (χ2n) is 4.22. The van der Waals surface area contributed by atoms with Crippen molar-refractivity contribution in [1.82, 2.24) is 4.57 Å². The van der Waals surface area contributed by atoms with Gasteiger partial charge in [-0.1, -0.05) is 11.3 Å². The molecule has 5 nitrogen and oxygen atoms in total. The van der Waals surface area contributed by atoms with E-state index in [2.05, 4.69) is 4.99 Å². The number of hydrogen-bond donors (Lipinski definition) is 1. The molecule has 2 heterocycles. The molecule has 0 fully saturated rings. The van der Waals surface area contributed by atoms with Gasteiger partial charge in [0.05, 0.1) is 10.9 Å². The standard InChI is InChI=1S/C13H9FN2O3S/c1-2-16-12(18)10(20-13(16)19)9-7-5-6(14)3-4-8(7)15-11(9)17/h3-5,18H,2H2,1H3. The van der Waals surface area contributed by atoms with Crippen LogP contribution in [0.5, 0.6) is 5.88 Å². The molecule has 1 N–H and O–H groups in total. The lowest BCUT2D eigenvalue weighted by Gasteiger charge is -2.00. The molecule has 1 aliphatic heterocycles. The molecular formula is C13H9FN2O3S. The zero-order valence-corrected chi connectivity index (χ0v) is 11.2. The zero-order valence-electron chi connectivity index (χ0n) is 10.4. The lowest BCUT2D eigenvalue weighted by atomic mass is 10.1. The molecule has 0 spiro atoms. The van der Waals surface area contributed by atoms with Gasteiger partial charge in [0.15, 0.2) is 0 Å². The summed E-state index contributed by atoms with van der Waals surface area (Å²) >= 11 is 0.753. The molecule has 20 heavy (non-hydrogen) atoms. The topological polar surface area (TPSA) is 71.7 Å². The Balaban J connectivity index is 2.41. The largest absolute Gasteiger partial charge is 0.493 e. The van der Waals surface area contributed by atoms with Crippen molar-refractivity contribution in [1.29, 1.82) is 0 Å². The van der Waals surface area contributed by atoms with E-state index in [4.69, 9.17) is 0 Å². The number of carbonyl (C=O) groups excluding carboxylic acids is 1. The van der Waals surface area contributed by atoms with Gasteiger partial charge in [-0.15, -0.1) is 0 Å². The Hall–Kier alpha value is -2.28. The van der Waals surface area contributed by atoms with Crippen LogP contribution in [-0.4, -0.2) is 15.6 Å². The first-order valence-corrected chi connectivity index (χ1v) is 6.70. The number of aromatic hydroxyl groups is 1. The quantitative estimate of drug-likeness (QED) is 0.855. The van der Waals surface area contributed by atoms with Gasteiger partial charge in [-0.25, -0.2) is 9.38 Å². The van der Waals surface area contributed by atoms with Gasteiger partial charge in [-0.3, -0.25) is 14.2 Å². The molecular weight excluding hydrogens is 283 g/mol. The molecule has 1 aromatic heterocycles. The second-order valence-corrected chi connectivity index (χ2v) is 5.18. The van der Waals surface area contributed by atoms with Crippen LogP contribution in [0.25, 0.3) is 5.57 Å². The second kappa shape index (κ2) is 4.38. The molecule has 1 amide bonds. The third-order valence-corrected chi connectivity index (χ3v) is 4.06. The molecule has 0 radical (unpaired) electrons. The Bertz CT molecular complexity index is 911. The number of halogens is 1. The maximum absolute atomic E-state index is 13.3. The summed E-state index contributed by atoms with van der Waals surface area (Å²) in [6.07, 6.45) is 0. The number of benzene rings is 1. The fourth-order valence-corrected chi connectivity index (χ4v) is 3.15. The zero-order chi connectivity index (χ0) is 14.4. The Kier molecular flexibility index (Phi) is 2.79. The Morgan fingerprint density at radius 2 is 2.15 bits per heavy atom. The van der Waals surface area contributed by atoms with Crippen LogP contribution in [0.2, 0.25) is 0 Å². The van der Waals surface area contributed by atoms with Crippen LogP contribution in [0.15, 0.2) is 28.0 Å². The third kappa shape index (κ3) is 1.70. The number of hydrogen-bond acceptors (Lipinski definition) is 4. The van der Waals surface area contributed by atoms with E-state index in [-0.39, 0.29) is 27.7 Å². The van der Waals surface area contributed by atoms with E-state index in [1.165, 1.54) is 18.2 Å². The van der Waals surface area contributed by atoms with Crippen molar-refractivity contribution < 1.29 is 14.3 Å². The van der Waals surface area contributed by atoms with Gasteiger partial charge < -0.3 is 5.11 Å². The first-order valence-electron chi connectivity index (χ1n) is 5.88. The highest BCUT2D eigenvalue weighted by molar-refractivity contribution is 7.11. The smallest absolute Gasteiger partial charge is 0.310 e. The van der Waals surface area contributed by atoms with Crippen molar-refractivity contribution in [3.05, 3.63) is 49.1 Å². The van der Waals surface area contributed by atoms with E-state index >= 15 is 0 Å². The van der Waals surface area contributed by atoms with Crippen molar-refractivity contribution >= 4 is 22.8 Å². The molecule has 102 valence electrons. The molecule has 0 bridgehead atoms. The molecule has 0 unspecified atom stereocenters. The minimum atomic E-state index is -0.578. The summed E-state index contributed by atoms with van der Waals surface area (Å²) in [7, 11) is 0. The highest BCUT2D eigenvalue weighted by Gasteiger charge is 2.25. The minimum absolute atomic E-state index is 0.0753. The van der Waals surface area contributed by atoms with Gasteiger partial charge in [0, 0.05) is 11.8 Å². The maximum Gasteiger partial charge on any atom is 0.310 e. The number of nitrogens with zero attached hydrogens (tertiary/aromatic N) is 2. The number of fused-ring (bicyclic) bond motifs is 1. The van der Waals surface area contributed by atoms with E-state index in [9.17, 15) is 19.1 Å².